The first kappa shape index (κ1) is 15.4. The van der Waals surface area contributed by atoms with E-state index in [9.17, 15) is 0 Å². The Morgan fingerprint density at radius 3 is 2.75 bits per heavy atom. The van der Waals surface area contributed by atoms with Crippen molar-refractivity contribution in [1.82, 2.24) is 10.3 Å². The number of hydrogen-bond acceptors (Lipinski definition) is 4. The Labute approximate surface area is 122 Å². The molecule has 1 aliphatic heterocycles. The summed E-state index contributed by atoms with van der Waals surface area (Å²) in [5.41, 5.74) is 6.71. The highest BCUT2D eigenvalue weighted by molar-refractivity contribution is 5.33. The van der Waals surface area contributed by atoms with Crippen LogP contribution in [0.5, 0.6) is 0 Å². The van der Waals surface area contributed by atoms with Crippen molar-refractivity contribution in [1.29, 1.82) is 0 Å². The van der Waals surface area contributed by atoms with Gasteiger partial charge in [-0.3, -0.25) is 16.2 Å². The van der Waals surface area contributed by atoms with E-state index in [-0.39, 0.29) is 12.1 Å². The van der Waals surface area contributed by atoms with Crippen molar-refractivity contribution >= 4 is 0 Å². The minimum Gasteiger partial charge on any atom is -0.374 e. The SMILES string of the molecule is Cc1ccc(C)c(C(NN)C2CN(C(C)C)CCO2)c1. The number of aryl methyl sites for hydroxylation is 2. The maximum Gasteiger partial charge on any atom is 0.0910 e. The summed E-state index contributed by atoms with van der Waals surface area (Å²) < 4.78 is 5.98. The highest BCUT2D eigenvalue weighted by Crippen LogP contribution is 2.26. The molecule has 2 atom stereocenters. The summed E-state index contributed by atoms with van der Waals surface area (Å²) in [4.78, 5) is 2.45. The van der Waals surface area contributed by atoms with E-state index >= 15 is 0 Å². The molecule has 0 radical (unpaired) electrons. The monoisotopic (exact) mass is 277 g/mol. The number of nitrogens with two attached hydrogens (primary N) is 1. The quantitative estimate of drug-likeness (QED) is 0.652. The number of hydrazine groups is 1. The molecule has 0 aromatic heterocycles. The van der Waals surface area contributed by atoms with Gasteiger partial charge in [0.15, 0.2) is 0 Å². The molecule has 0 amide bonds. The second-order valence-corrected chi connectivity index (χ2v) is 6.00. The van der Waals surface area contributed by atoms with E-state index in [1.165, 1.54) is 16.7 Å². The zero-order valence-electron chi connectivity index (χ0n) is 13.0. The highest BCUT2D eigenvalue weighted by atomic mass is 16.5. The van der Waals surface area contributed by atoms with Gasteiger partial charge in [0.05, 0.1) is 18.8 Å². The van der Waals surface area contributed by atoms with Crippen LogP contribution in [0.4, 0.5) is 0 Å². The molecular weight excluding hydrogens is 250 g/mol. The number of ether oxygens (including phenoxy) is 1. The molecule has 0 spiro atoms. The van der Waals surface area contributed by atoms with Gasteiger partial charge in [0.1, 0.15) is 0 Å². The normalized spacial score (nSPS) is 22.2. The molecule has 3 N–H and O–H groups in total. The lowest BCUT2D eigenvalue weighted by Crippen LogP contribution is -2.51. The first-order chi connectivity index (χ1) is 9.52. The average Bonchev–Trinajstić information content (AvgIpc) is 2.44. The summed E-state index contributed by atoms with van der Waals surface area (Å²) in [6, 6.07) is 7.07. The number of morpholine rings is 1. The topological polar surface area (TPSA) is 50.5 Å². The molecule has 20 heavy (non-hydrogen) atoms. The Bertz CT molecular complexity index is 447. The fourth-order valence-corrected chi connectivity index (χ4v) is 2.86. The summed E-state index contributed by atoms with van der Waals surface area (Å²) in [5, 5.41) is 0. The Balaban J connectivity index is 2.21. The largest absolute Gasteiger partial charge is 0.374 e. The van der Waals surface area contributed by atoms with Gasteiger partial charge in [-0.15, -0.1) is 0 Å². The zero-order valence-corrected chi connectivity index (χ0v) is 13.0. The maximum atomic E-state index is 5.98. The molecular formula is C16H27N3O. The Hall–Kier alpha value is -0.940. The Morgan fingerprint density at radius 2 is 2.10 bits per heavy atom. The van der Waals surface area contributed by atoms with E-state index in [2.05, 4.69) is 56.2 Å². The van der Waals surface area contributed by atoms with Crippen molar-refractivity contribution in [3.8, 4) is 0 Å². The summed E-state index contributed by atoms with van der Waals surface area (Å²) in [7, 11) is 0. The van der Waals surface area contributed by atoms with Crippen LogP contribution < -0.4 is 11.3 Å². The van der Waals surface area contributed by atoms with Gasteiger partial charge in [-0.25, -0.2) is 0 Å². The van der Waals surface area contributed by atoms with Crippen LogP contribution in [-0.4, -0.2) is 36.7 Å². The average molecular weight is 277 g/mol. The lowest BCUT2D eigenvalue weighted by Gasteiger charge is -2.39. The highest BCUT2D eigenvalue weighted by Gasteiger charge is 2.30. The second kappa shape index (κ2) is 6.68. The van der Waals surface area contributed by atoms with Gasteiger partial charge in [0.2, 0.25) is 0 Å². The fourth-order valence-electron chi connectivity index (χ4n) is 2.86. The third-order valence-corrected chi connectivity index (χ3v) is 4.18. The van der Waals surface area contributed by atoms with Gasteiger partial charge in [0, 0.05) is 19.1 Å². The molecule has 1 heterocycles. The smallest absolute Gasteiger partial charge is 0.0910 e. The Kier molecular flexibility index (Phi) is 5.16. The number of nitrogens with one attached hydrogen (secondary N) is 1. The summed E-state index contributed by atoms with van der Waals surface area (Å²) >= 11 is 0. The van der Waals surface area contributed by atoms with Gasteiger partial charge in [-0.1, -0.05) is 23.8 Å². The molecule has 4 nitrogen and oxygen atoms in total. The summed E-state index contributed by atoms with van der Waals surface area (Å²) in [6.45, 7) is 11.4. The predicted molar refractivity (Wildman–Crippen MR) is 82.4 cm³/mol. The Morgan fingerprint density at radius 1 is 1.35 bits per heavy atom. The molecule has 1 fully saturated rings. The number of hydrogen-bond donors (Lipinski definition) is 2. The van der Waals surface area contributed by atoms with Crippen LogP contribution >= 0.6 is 0 Å². The molecule has 0 aliphatic carbocycles. The van der Waals surface area contributed by atoms with Gasteiger partial charge >= 0.3 is 0 Å². The van der Waals surface area contributed by atoms with Crippen molar-refractivity contribution in [2.45, 2.75) is 45.9 Å². The van der Waals surface area contributed by atoms with Crippen molar-refractivity contribution in [3.63, 3.8) is 0 Å². The van der Waals surface area contributed by atoms with Crippen LogP contribution in [0, 0.1) is 13.8 Å². The lowest BCUT2D eigenvalue weighted by atomic mass is 9.94. The molecule has 2 rings (SSSR count). The van der Waals surface area contributed by atoms with Crippen molar-refractivity contribution in [2.75, 3.05) is 19.7 Å². The molecule has 4 heteroatoms. The van der Waals surface area contributed by atoms with E-state index in [4.69, 9.17) is 10.6 Å². The lowest BCUT2D eigenvalue weighted by molar-refractivity contribution is -0.0562. The van der Waals surface area contributed by atoms with Crippen LogP contribution in [0.1, 0.15) is 36.6 Å². The number of nitrogens with zero attached hydrogens (tertiary/aromatic N) is 1. The van der Waals surface area contributed by atoms with E-state index in [0.29, 0.717) is 6.04 Å². The maximum absolute atomic E-state index is 5.98. The van der Waals surface area contributed by atoms with Gasteiger partial charge in [-0.05, 0) is 38.8 Å². The van der Waals surface area contributed by atoms with Gasteiger partial charge < -0.3 is 4.74 Å². The minimum atomic E-state index is 0.0384. The van der Waals surface area contributed by atoms with E-state index in [1.807, 2.05) is 0 Å². The zero-order chi connectivity index (χ0) is 14.7. The fraction of sp³-hybridized carbons (Fsp3) is 0.625. The van der Waals surface area contributed by atoms with E-state index in [1.54, 1.807) is 0 Å². The third kappa shape index (κ3) is 3.38. The van der Waals surface area contributed by atoms with Crippen LogP contribution in [0.15, 0.2) is 18.2 Å². The minimum absolute atomic E-state index is 0.0384. The summed E-state index contributed by atoms with van der Waals surface area (Å²) in [6.07, 6.45) is 0.0941. The third-order valence-electron chi connectivity index (χ3n) is 4.18. The molecule has 1 aliphatic rings. The molecule has 0 saturated carbocycles. The molecule has 112 valence electrons. The first-order valence-corrected chi connectivity index (χ1v) is 7.42. The van der Waals surface area contributed by atoms with Crippen LogP contribution in [0.25, 0.3) is 0 Å². The second-order valence-electron chi connectivity index (χ2n) is 6.00. The molecule has 1 aromatic rings. The van der Waals surface area contributed by atoms with E-state index in [0.717, 1.165) is 19.7 Å². The molecule has 1 aromatic carbocycles. The van der Waals surface area contributed by atoms with Crippen molar-refractivity contribution in [2.24, 2.45) is 5.84 Å². The van der Waals surface area contributed by atoms with Crippen molar-refractivity contribution < 1.29 is 4.74 Å². The standard InChI is InChI=1S/C16H27N3O/c1-11(2)19-7-8-20-15(10-19)16(18-17)14-9-12(3)5-6-13(14)4/h5-6,9,11,15-16,18H,7-8,10,17H2,1-4H3. The van der Waals surface area contributed by atoms with Crippen molar-refractivity contribution in [3.05, 3.63) is 34.9 Å². The number of rotatable bonds is 4. The first-order valence-electron chi connectivity index (χ1n) is 7.42. The predicted octanol–water partition coefficient (Wildman–Crippen LogP) is 1.92. The van der Waals surface area contributed by atoms with Crippen LogP contribution in [0.3, 0.4) is 0 Å². The molecule has 1 saturated heterocycles. The summed E-state index contributed by atoms with van der Waals surface area (Å²) in [5.74, 6) is 5.83. The molecule has 0 bridgehead atoms. The molecule has 2 unspecified atom stereocenters. The van der Waals surface area contributed by atoms with Crippen LogP contribution in [0.2, 0.25) is 0 Å². The number of benzene rings is 1. The van der Waals surface area contributed by atoms with Gasteiger partial charge in [0.25, 0.3) is 0 Å². The van der Waals surface area contributed by atoms with Gasteiger partial charge in [-0.2, -0.15) is 0 Å². The van der Waals surface area contributed by atoms with E-state index < -0.39 is 0 Å². The van der Waals surface area contributed by atoms with Crippen LogP contribution in [-0.2, 0) is 4.74 Å².